The van der Waals surface area contributed by atoms with Crippen molar-refractivity contribution in [3.05, 3.63) is 58.1 Å². The molecule has 2 rings (SSSR count). The lowest BCUT2D eigenvalue weighted by Crippen LogP contribution is -2.12. The minimum absolute atomic E-state index is 0.0294. The Hall–Kier alpha value is -2.05. The Balaban J connectivity index is 2.37. The van der Waals surface area contributed by atoms with Crippen LogP contribution >= 0.6 is 23.4 Å². The van der Waals surface area contributed by atoms with Crippen LogP contribution in [0.4, 0.5) is 11.4 Å². The minimum Gasteiger partial charge on any atom is -0.386 e. The average molecular weight is 336 g/mol. The van der Waals surface area contributed by atoms with Crippen LogP contribution in [0.25, 0.3) is 0 Å². The van der Waals surface area contributed by atoms with Gasteiger partial charge in [-0.1, -0.05) is 29.5 Å². The van der Waals surface area contributed by atoms with Gasteiger partial charge in [-0.25, -0.2) is 4.99 Å². The van der Waals surface area contributed by atoms with E-state index in [0.29, 0.717) is 5.69 Å². The molecule has 0 aliphatic rings. The molecule has 0 unspecified atom stereocenters. The third kappa shape index (κ3) is 4.47. The smallest absolute Gasteiger partial charge is 0.272 e. The number of rotatable bonds is 5. The Bertz CT molecular complexity index is 717. The van der Waals surface area contributed by atoms with Gasteiger partial charge in [-0.05, 0) is 25.1 Å². The number of nitrogens with zero attached hydrogens (tertiary/aromatic N) is 2. The lowest BCUT2D eigenvalue weighted by molar-refractivity contribution is -0.385. The van der Waals surface area contributed by atoms with E-state index in [-0.39, 0.29) is 17.4 Å². The highest BCUT2D eigenvalue weighted by molar-refractivity contribution is 7.99. The van der Waals surface area contributed by atoms with E-state index in [2.05, 4.69) is 4.99 Å². The highest BCUT2D eigenvalue weighted by atomic mass is 35.5. The molecule has 0 atom stereocenters. The van der Waals surface area contributed by atoms with Gasteiger partial charge in [0.2, 0.25) is 0 Å². The molecular formula is C15H14ClN3O2S. The van der Waals surface area contributed by atoms with Crippen LogP contribution in [0.3, 0.4) is 0 Å². The van der Waals surface area contributed by atoms with Crippen LogP contribution in [0, 0.1) is 17.0 Å². The Labute approximate surface area is 137 Å². The van der Waals surface area contributed by atoms with Crippen molar-refractivity contribution in [2.24, 2.45) is 10.7 Å². The van der Waals surface area contributed by atoms with E-state index in [4.69, 9.17) is 17.3 Å². The first-order chi connectivity index (χ1) is 10.5. The molecule has 2 aromatic carbocycles. The van der Waals surface area contributed by atoms with Crippen molar-refractivity contribution in [3.8, 4) is 0 Å². The molecule has 0 fully saturated rings. The van der Waals surface area contributed by atoms with E-state index in [1.54, 1.807) is 6.07 Å². The lowest BCUT2D eigenvalue weighted by Gasteiger charge is -2.04. The molecular weight excluding hydrogens is 322 g/mol. The van der Waals surface area contributed by atoms with Crippen LogP contribution in [0.5, 0.6) is 0 Å². The lowest BCUT2D eigenvalue weighted by atomic mass is 10.2. The summed E-state index contributed by atoms with van der Waals surface area (Å²) >= 11 is 7.02. The second kappa shape index (κ2) is 7.29. The molecule has 2 aromatic rings. The largest absolute Gasteiger partial charge is 0.386 e. The van der Waals surface area contributed by atoms with Crippen molar-refractivity contribution in [3.63, 3.8) is 0 Å². The van der Waals surface area contributed by atoms with Gasteiger partial charge >= 0.3 is 0 Å². The molecule has 7 heteroatoms. The molecule has 2 N–H and O–H groups in total. The third-order valence-electron chi connectivity index (χ3n) is 2.75. The highest BCUT2D eigenvalue weighted by Crippen LogP contribution is 2.34. The van der Waals surface area contributed by atoms with Gasteiger partial charge in [-0.2, -0.15) is 0 Å². The first-order valence-corrected chi connectivity index (χ1v) is 7.76. The van der Waals surface area contributed by atoms with Crippen molar-refractivity contribution in [2.45, 2.75) is 16.7 Å². The number of nitrogens with two attached hydrogens (primary N) is 1. The molecule has 0 spiro atoms. The van der Waals surface area contributed by atoms with E-state index in [0.717, 1.165) is 15.4 Å². The molecule has 0 saturated carbocycles. The number of hydrogen-bond acceptors (Lipinski definition) is 4. The molecule has 22 heavy (non-hydrogen) atoms. The number of alkyl halides is 1. The fraction of sp³-hybridized carbons (Fsp3) is 0.133. The zero-order valence-corrected chi connectivity index (χ0v) is 13.4. The van der Waals surface area contributed by atoms with Gasteiger partial charge in [0.25, 0.3) is 5.69 Å². The molecule has 0 aromatic heterocycles. The number of nitro benzene ring substituents is 1. The fourth-order valence-electron chi connectivity index (χ4n) is 1.74. The number of nitro groups is 1. The van der Waals surface area contributed by atoms with Crippen molar-refractivity contribution < 1.29 is 4.92 Å². The maximum absolute atomic E-state index is 11.0. The van der Waals surface area contributed by atoms with E-state index in [1.807, 2.05) is 31.2 Å². The van der Waals surface area contributed by atoms with E-state index < -0.39 is 4.92 Å². The summed E-state index contributed by atoms with van der Waals surface area (Å²) in [6, 6.07) is 12.5. The molecule has 0 heterocycles. The number of hydrogen-bond donors (Lipinski definition) is 1. The van der Waals surface area contributed by atoms with Gasteiger partial charge in [0, 0.05) is 21.9 Å². The van der Waals surface area contributed by atoms with E-state index >= 15 is 0 Å². The summed E-state index contributed by atoms with van der Waals surface area (Å²) in [7, 11) is 0. The Morgan fingerprint density at radius 1 is 1.27 bits per heavy atom. The second-order valence-electron chi connectivity index (χ2n) is 4.59. The van der Waals surface area contributed by atoms with Crippen molar-refractivity contribution in [2.75, 3.05) is 5.88 Å². The molecule has 0 bridgehead atoms. The fourth-order valence-corrected chi connectivity index (χ4v) is 2.70. The summed E-state index contributed by atoms with van der Waals surface area (Å²) in [5, 5.41) is 11.0. The number of aliphatic imine (C=N–C) groups is 1. The van der Waals surface area contributed by atoms with Crippen LogP contribution in [-0.4, -0.2) is 16.6 Å². The van der Waals surface area contributed by atoms with Gasteiger partial charge in [0.1, 0.15) is 5.84 Å². The minimum atomic E-state index is -0.449. The molecule has 0 saturated heterocycles. The van der Waals surface area contributed by atoms with Gasteiger partial charge in [-0.15, -0.1) is 11.6 Å². The summed E-state index contributed by atoms with van der Waals surface area (Å²) in [4.78, 5) is 16.4. The standard InChI is InChI=1S/C15H14ClN3O2S/c1-10-2-4-13(5-3-10)22-14-7-11(18-15(17)9-16)6-12(8-14)19(20)21/h2-8H,9H2,1H3,(H2,17,18). The summed E-state index contributed by atoms with van der Waals surface area (Å²) in [6.07, 6.45) is 0. The first kappa shape index (κ1) is 16.3. The second-order valence-corrected chi connectivity index (χ2v) is 6.01. The van der Waals surface area contributed by atoms with Crippen LogP contribution in [0.15, 0.2) is 57.2 Å². The van der Waals surface area contributed by atoms with Crippen LogP contribution < -0.4 is 5.73 Å². The number of amidine groups is 1. The summed E-state index contributed by atoms with van der Waals surface area (Å²) < 4.78 is 0. The molecule has 114 valence electrons. The molecule has 0 aliphatic heterocycles. The summed E-state index contributed by atoms with van der Waals surface area (Å²) in [5.74, 6) is 0.289. The first-order valence-electron chi connectivity index (χ1n) is 6.41. The molecule has 5 nitrogen and oxygen atoms in total. The number of benzene rings is 2. The summed E-state index contributed by atoms with van der Waals surface area (Å²) in [5.41, 5.74) is 7.14. The van der Waals surface area contributed by atoms with Gasteiger partial charge in [0.15, 0.2) is 0 Å². The third-order valence-corrected chi connectivity index (χ3v) is 4.01. The zero-order chi connectivity index (χ0) is 16.1. The van der Waals surface area contributed by atoms with Crippen LogP contribution in [-0.2, 0) is 0 Å². The highest BCUT2D eigenvalue weighted by Gasteiger charge is 2.11. The Morgan fingerprint density at radius 2 is 1.95 bits per heavy atom. The van der Waals surface area contributed by atoms with Gasteiger partial charge in [-0.3, -0.25) is 10.1 Å². The normalized spacial score (nSPS) is 11.5. The van der Waals surface area contributed by atoms with Crippen molar-refractivity contribution >= 4 is 40.6 Å². The van der Waals surface area contributed by atoms with E-state index in [9.17, 15) is 10.1 Å². The number of aryl methyl sites for hydroxylation is 1. The van der Waals surface area contributed by atoms with E-state index in [1.165, 1.54) is 23.9 Å². The van der Waals surface area contributed by atoms with Gasteiger partial charge in [0.05, 0.1) is 16.5 Å². The predicted molar refractivity (Wildman–Crippen MR) is 90.4 cm³/mol. The van der Waals surface area contributed by atoms with Crippen LogP contribution in [0.1, 0.15) is 5.56 Å². The Morgan fingerprint density at radius 3 is 2.55 bits per heavy atom. The zero-order valence-electron chi connectivity index (χ0n) is 11.8. The number of non-ortho nitro benzene ring substituents is 1. The Kier molecular flexibility index (Phi) is 5.41. The predicted octanol–water partition coefficient (Wildman–Crippen LogP) is 4.28. The topological polar surface area (TPSA) is 81.5 Å². The van der Waals surface area contributed by atoms with Gasteiger partial charge < -0.3 is 5.73 Å². The molecule has 0 amide bonds. The quantitative estimate of drug-likeness (QED) is 0.290. The molecule has 0 aliphatic carbocycles. The maximum atomic E-state index is 11.0. The maximum Gasteiger partial charge on any atom is 0.272 e. The van der Waals surface area contributed by atoms with Crippen molar-refractivity contribution in [1.29, 1.82) is 0 Å². The monoisotopic (exact) mass is 335 g/mol. The average Bonchev–Trinajstić information content (AvgIpc) is 2.49. The summed E-state index contributed by atoms with van der Waals surface area (Å²) in [6.45, 7) is 2.00. The number of halogens is 1. The molecule has 0 radical (unpaired) electrons. The van der Waals surface area contributed by atoms with Crippen LogP contribution in [0.2, 0.25) is 0 Å². The van der Waals surface area contributed by atoms with Crippen molar-refractivity contribution in [1.82, 2.24) is 0 Å². The SMILES string of the molecule is Cc1ccc(Sc2cc(N=C(N)CCl)cc([N+](=O)[O-])c2)cc1.